The Bertz CT molecular complexity index is 542. The van der Waals surface area contributed by atoms with E-state index in [1.165, 1.54) is 0 Å². The number of carboxylic acid groups (broad SMARTS) is 1. The molecule has 0 aromatic heterocycles. The highest BCUT2D eigenvalue weighted by Gasteiger charge is 2.25. The van der Waals surface area contributed by atoms with E-state index in [2.05, 4.69) is 15.9 Å². The molecule has 1 amide bonds. The average Bonchev–Trinajstić information content (AvgIpc) is 2.47. The normalized spacial score (nSPS) is 16.0. The number of aliphatic carboxylic acids is 1. The maximum Gasteiger partial charge on any atom is 0.303 e. The Labute approximate surface area is 137 Å². The van der Waals surface area contributed by atoms with Crippen molar-refractivity contribution in [2.45, 2.75) is 25.7 Å². The van der Waals surface area contributed by atoms with E-state index < -0.39 is 5.97 Å². The largest absolute Gasteiger partial charge is 0.481 e. The lowest BCUT2D eigenvalue weighted by molar-refractivity contribution is -0.137. The van der Waals surface area contributed by atoms with E-state index in [9.17, 15) is 9.59 Å². The van der Waals surface area contributed by atoms with Gasteiger partial charge in [0, 0.05) is 29.0 Å². The first-order valence-electron chi connectivity index (χ1n) is 6.93. The minimum absolute atomic E-state index is 0.0268. The van der Waals surface area contributed by atoms with Crippen molar-refractivity contribution in [2.75, 3.05) is 13.1 Å². The summed E-state index contributed by atoms with van der Waals surface area (Å²) in [4.78, 5) is 24.9. The standard InChI is InChI=1S/C15H17BrClNO3/c16-13-3-2-11(17)9-12(13)15(21)18-7-5-10(6-8-18)1-4-14(19)20/h2-3,9-10H,1,4-8H2,(H,19,20). The Morgan fingerprint density at radius 2 is 2.00 bits per heavy atom. The molecule has 0 spiro atoms. The van der Waals surface area contributed by atoms with E-state index in [1.54, 1.807) is 18.2 Å². The van der Waals surface area contributed by atoms with Crippen LogP contribution in [0.3, 0.4) is 0 Å². The third-order valence-corrected chi connectivity index (χ3v) is 4.75. The number of hydrogen-bond acceptors (Lipinski definition) is 2. The van der Waals surface area contributed by atoms with Crippen LogP contribution in [-0.4, -0.2) is 35.0 Å². The van der Waals surface area contributed by atoms with Gasteiger partial charge in [-0.25, -0.2) is 0 Å². The van der Waals surface area contributed by atoms with Gasteiger partial charge in [0.2, 0.25) is 0 Å². The molecule has 1 saturated heterocycles. The molecule has 0 saturated carbocycles. The zero-order valence-electron chi connectivity index (χ0n) is 11.5. The van der Waals surface area contributed by atoms with Crippen molar-refractivity contribution in [3.05, 3.63) is 33.3 Å². The highest BCUT2D eigenvalue weighted by atomic mass is 79.9. The maximum absolute atomic E-state index is 12.5. The number of carbonyl (C=O) groups is 2. The number of carboxylic acids is 1. The maximum atomic E-state index is 12.5. The van der Waals surface area contributed by atoms with Crippen LogP contribution in [0.5, 0.6) is 0 Å². The molecule has 1 aliphatic heterocycles. The van der Waals surface area contributed by atoms with Crippen LogP contribution >= 0.6 is 27.5 Å². The third-order valence-electron chi connectivity index (χ3n) is 3.83. The number of amides is 1. The first kappa shape index (κ1) is 16.3. The smallest absolute Gasteiger partial charge is 0.303 e. The predicted octanol–water partition coefficient (Wildman–Crippen LogP) is 3.82. The van der Waals surface area contributed by atoms with Crippen LogP contribution in [0.1, 0.15) is 36.0 Å². The Hall–Kier alpha value is -1.07. The fourth-order valence-corrected chi connectivity index (χ4v) is 3.17. The SMILES string of the molecule is O=C(O)CCC1CCN(C(=O)c2cc(Cl)ccc2Br)CC1. The summed E-state index contributed by atoms with van der Waals surface area (Å²) in [5.74, 6) is -0.384. The van der Waals surface area contributed by atoms with Crippen LogP contribution in [0, 0.1) is 5.92 Å². The summed E-state index contributed by atoms with van der Waals surface area (Å²) in [6.07, 6.45) is 2.62. The molecule has 1 heterocycles. The molecule has 0 aliphatic carbocycles. The second kappa shape index (κ2) is 7.27. The van der Waals surface area contributed by atoms with E-state index >= 15 is 0 Å². The number of hydrogen-bond donors (Lipinski definition) is 1. The summed E-state index contributed by atoms with van der Waals surface area (Å²) in [6, 6.07) is 5.18. The molecule has 0 bridgehead atoms. The van der Waals surface area contributed by atoms with Gasteiger partial charge in [0.15, 0.2) is 0 Å². The lowest BCUT2D eigenvalue weighted by Gasteiger charge is -2.32. The van der Waals surface area contributed by atoms with Gasteiger partial charge in [-0.1, -0.05) is 11.6 Å². The minimum Gasteiger partial charge on any atom is -0.481 e. The van der Waals surface area contributed by atoms with Gasteiger partial charge in [0.1, 0.15) is 0 Å². The minimum atomic E-state index is -0.753. The number of nitrogens with zero attached hydrogens (tertiary/aromatic N) is 1. The van der Waals surface area contributed by atoms with Gasteiger partial charge in [0.25, 0.3) is 5.91 Å². The quantitative estimate of drug-likeness (QED) is 0.871. The number of carbonyl (C=O) groups excluding carboxylic acids is 1. The van der Waals surface area contributed by atoms with Crippen molar-refractivity contribution in [2.24, 2.45) is 5.92 Å². The molecular weight excluding hydrogens is 358 g/mol. The Kier molecular flexibility index (Phi) is 5.65. The Morgan fingerprint density at radius 1 is 1.33 bits per heavy atom. The van der Waals surface area contributed by atoms with Gasteiger partial charge in [-0.15, -0.1) is 0 Å². The second-order valence-corrected chi connectivity index (χ2v) is 6.58. The Balaban J connectivity index is 1.94. The van der Waals surface area contributed by atoms with Crippen LogP contribution in [0.15, 0.2) is 22.7 Å². The molecule has 1 aromatic carbocycles. The first-order valence-corrected chi connectivity index (χ1v) is 8.10. The van der Waals surface area contributed by atoms with E-state index in [-0.39, 0.29) is 12.3 Å². The molecule has 0 unspecified atom stereocenters. The first-order chi connectivity index (χ1) is 9.97. The molecule has 1 fully saturated rings. The topological polar surface area (TPSA) is 57.6 Å². The van der Waals surface area contributed by atoms with Crippen LogP contribution in [0.25, 0.3) is 0 Å². The molecule has 1 N–H and O–H groups in total. The molecule has 4 nitrogen and oxygen atoms in total. The van der Waals surface area contributed by atoms with Gasteiger partial charge >= 0.3 is 5.97 Å². The molecule has 2 rings (SSSR count). The van der Waals surface area contributed by atoms with Crippen LogP contribution in [0.4, 0.5) is 0 Å². The molecule has 1 aliphatic rings. The number of halogens is 2. The highest BCUT2D eigenvalue weighted by Crippen LogP contribution is 2.26. The van der Waals surface area contributed by atoms with Crippen LogP contribution in [0.2, 0.25) is 5.02 Å². The average molecular weight is 375 g/mol. The molecule has 6 heteroatoms. The molecular formula is C15H17BrClNO3. The molecule has 1 aromatic rings. The molecule has 21 heavy (non-hydrogen) atoms. The fourth-order valence-electron chi connectivity index (χ4n) is 2.58. The van der Waals surface area contributed by atoms with E-state index in [0.29, 0.717) is 36.0 Å². The summed E-state index contributed by atoms with van der Waals surface area (Å²) < 4.78 is 0.741. The fraction of sp³-hybridized carbons (Fsp3) is 0.467. The second-order valence-electron chi connectivity index (χ2n) is 5.29. The predicted molar refractivity (Wildman–Crippen MR) is 84.6 cm³/mol. The van der Waals surface area contributed by atoms with Gasteiger partial charge in [-0.2, -0.15) is 0 Å². The van der Waals surface area contributed by atoms with Crippen LogP contribution in [-0.2, 0) is 4.79 Å². The monoisotopic (exact) mass is 373 g/mol. The van der Waals surface area contributed by atoms with Crippen LogP contribution < -0.4 is 0 Å². The van der Waals surface area contributed by atoms with Gasteiger partial charge in [-0.3, -0.25) is 9.59 Å². The van der Waals surface area contributed by atoms with Gasteiger partial charge in [0.05, 0.1) is 5.56 Å². The summed E-state index contributed by atoms with van der Waals surface area (Å²) in [5, 5.41) is 9.25. The lowest BCUT2D eigenvalue weighted by atomic mass is 9.92. The Morgan fingerprint density at radius 3 is 2.62 bits per heavy atom. The van der Waals surface area contributed by atoms with Crippen molar-refractivity contribution in [3.63, 3.8) is 0 Å². The zero-order chi connectivity index (χ0) is 15.4. The van der Waals surface area contributed by atoms with Crippen molar-refractivity contribution < 1.29 is 14.7 Å². The lowest BCUT2D eigenvalue weighted by Crippen LogP contribution is -2.38. The molecule has 0 atom stereocenters. The number of piperidine rings is 1. The van der Waals surface area contributed by atoms with E-state index in [0.717, 1.165) is 17.3 Å². The van der Waals surface area contributed by atoms with Crippen molar-refractivity contribution in [3.8, 4) is 0 Å². The number of rotatable bonds is 4. The summed E-state index contributed by atoms with van der Waals surface area (Å²) in [5.41, 5.74) is 0.575. The molecule has 0 radical (unpaired) electrons. The summed E-state index contributed by atoms with van der Waals surface area (Å²) >= 11 is 9.33. The van der Waals surface area contributed by atoms with Crippen molar-refractivity contribution in [1.82, 2.24) is 4.90 Å². The summed E-state index contributed by atoms with van der Waals surface area (Å²) in [6.45, 7) is 1.34. The van der Waals surface area contributed by atoms with Crippen molar-refractivity contribution in [1.29, 1.82) is 0 Å². The highest BCUT2D eigenvalue weighted by molar-refractivity contribution is 9.10. The third kappa shape index (κ3) is 4.45. The van der Waals surface area contributed by atoms with Gasteiger partial charge < -0.3 is 10.0 Å². The van der Waals surface area contributed by atoms with E-state index in [4.69, 9.17) is 16.7 Å². The number of likely N-dealkylation sites (tertiary alicyclic amines) is 1. The van der Waals surface area contributed by atoms with Gasteiger partial charge in [-0.05, 0) is 59.3 Å². The molecule has 114 valence electrons. The van der Waals surface area contributed by atoms with E-state index in [1.807, 2.05) is 4.90 Å². The number of benzene rings is 1. The summed E-state index contributed by atoms with van der Waals surface area (Å²) in [7, 11) is 0. The zero-order valence-corrected chi connectivity index (χ0v) is 13.9. The van der Waals surface area contributed by atoms with Crippen molar-refractivity contribution >= 4 is 39.4 Å².